The van der Waals surface area contributed by atoms with E-state index in [2.05, 4.69) is 36.3 Å². The molecule has 1 aromatic carbocycles. The van der Waals surface area contributed by atoms with Crippen molar-refractivity contribution in [2.75, 3.05) is 0 Å². The first-order valence-electron chi connectivity index (χ1n) is 7.38. The predicted octanol–water partition coefficient (Wildman–Crippen LogP) is 3.67. The fourth-order valence-corrected chi connectivity index (χ4v) is 2.65. The molecule has 0 amide bonds. The molecule has 0 aliphatic rings. The maximum absolute atomic E-state index is 10.6. The van der Waals surface area contributed by atoms with E-state index in [0.29, 0.717) is 0 Å². The van der Waals surface area contributed by atoms with Gasteiger partial charge in [0.2, 0.25) is 0 Å². The molecule has 22 heavy (non-hydrogen) atoms. The van der Waals surface area contributed by atoms with Gasteiger partial charge in [0.25, 0.3) is 0 Å². The summed E-state index contributed by atoms with van der Waals surface area (Å²) in [6, 6.07) is 8.44. The summed E-state index contributed by atoms with van der Waals surface area (Å²) >= 11 is 0. The van der Waals surface area contributed by atoms with Gasteiger partial charge in [-0.05, 0) is 44.7 Å². The normalized spacial score (nSPS) is 11.7. The first-order chi connectivity index (χ1) is 10.4. The Morgan fingerprint density at radius 1 is 1.27 bits per heavy atom. The van der Waals surface area contributed by atoms with Gasteiger partial charge in [-0.3, -0.25) is 4.68 Å². The van der Waals surface area contributed by atoms with Gasteiger partial charge in [-0.2, -0.15) is 5.10 Å². The van der Waals surface area contributed by atoms with E-state index in [-0.39, 0.29) is 0 Å². The second-order valence-electron chi connectivity index (χ2n) is 5.70. The van der Waals surface area contributed by atoms with Crippen LogP contribution in [0.2, 0.25) is 0 Å². The van der Waals surface area contributed by atoms with Gasteiger partial charge < -0.3 is 5.11 Å². The molecule has 0 unspecified atom stereocenters. The highest BCUT2D eigenvalue weighted by Crippen LogP contribution is 2.27. The number of benzene rings is 1. The van der Waals surface area contributed by atoms with Crippen LogP contribution in [-0.2, 0) is 18.3 Å². The molecule has 0 radical (unpaired) electrons. The van der Waals surface area contributed by atoms with Gasteiger partial charge in [0.05, 0.1) is 5.69 Å². The fraction of sp³-hybridized carbons (Fsp3) is 0.333. The van der Waals surface area contributed by atoms with E-state index in [4.69, 9.17) is 5.11 Å². The highest BCUT2D eigenvalue weighted by molar-refractivity contribution is 5.80. The number of aryl methyl sites for hydroxylation is 3. The van der Waals surface area contributed by atoms with Gasteiger partial charge in [-0.25, -0.2) is 4.79 Å². The summed E-state index contributed by atoms with van der Waals surface area (Å²) in [5.74, 6) is -0.879. The van der Waals surface area contributed by atoms with Crippen LogP contribution in [0, 0.1) is 13.8 Å². The summed E-state index contributed by atoms with van der Waals surface area (Å²) in [6.07, 6.45) is 2.88. The van der Waals surface area contributed by atoms with Crippen LogP contribution in [0.3, 0.4) is 0 Å². The molecule has 0 atom stereocenters. The van der Waals surface area contributed by atoms with Crippen LogP contribution < -0.4 is 0 Å². The molecular formula is C18H22N2O2. The Hall–Kier alpha value is -2.36. The maximum atomic E-state index is 10.6. The third-order valence-corrected chi connectivity index (χ3v) is 3.93. The number of allylic oxidation sites excluding steroid dienone is 1. The molecule has 0 fully saturated rings. The van der Waals surface area contributed by atoms with Crippen LogP contribution in [0.5, 0.6) is 0 Å². The first kappa shape index (κ1) is 16.0. The lowest BCUT2D eigenvalue weighted by molar-refractivity contribution is -0.131. The lowest BCUT2D eigenvalue weighted by Gasteiger charge is -2.06. The third-order valence-electron chi connectivity index (χ3n) is 3.93. The van der Waals surface area contributed by atoms with Gasteiger partial charge in [0.15, 0.2) is 0 Å². The van der Waals surface area contributed by atoms with Gasteiger partial charge >= 0.3 is 5.97 Å². The standard InChI is InChI=1S/C18H22N2O2/c1-12(11-17(21)22)5-6-15-7-9-16(10-8-15)18-13(2)19-20(4)14(18)3/h7-11H,5-6H2,1-4H3,(H,21,22)/b12-11+. The average molecular weight is 298 g/mol. The molecule has 0 aliphatic heterocycles. The number of nitrogens with zero attached hydrogens (tertiary/aromatic N) is 2. The largest absolute Gasteiger partial charge is 0.478 e. The number of rotatable bonds is 5. The lowest BCUT2D eigenvalue weighted by Crippen LogP contribution is -1.93. The predicted molar refractivity (Wildman–Crippen MR) is 87.8 cm³/mol. The number of hydrogen-bond acceptors (Lipinski definition) is 2. The molecule has 1 aromatic heterocycles. The molecule has 0 saturated heterocycles. The van der Waals surface area contributed by atoms with E-state index in [1.54, 1.807) is 0 Å². The molecule has 116 valence electrons. The summed E-state index contributed by atoms with van der Waals surface area (Å²) < 4.78 is 1.90. The SMILES string of the molecule is C/C(=C\C(=O)O)CCc1ccc(-c2c(C)nn(C)c2C)cc1. The number of carboxylic acid groups (broad SMARTS) is 1. The zero-order valence-electron chi connectivity index (χ0n) is 13.6. The van der Waals surface area contributed by atoms with Crippen LogP contribution in [-0.4, -0.2) is 20.9 Å². The van der Waals surface area contributed by atoms with Crippen molar-refractivity contribution in [3.63, 3.8) is 0 Å². The zero-order chi connectivity index (χ0) is 16.3. The van der Waals surface area contributed by atoms with Gasteiger partial charge in [-0.15, -0.1) is 0 Å². The Balaban J connectivity index is 2.12. The van der Waals surface area contributed by atoms with Crippen molar-refractivity contribution in [2.45, 2.75) is 33.6 Å². The van der Waals surface area contributed by atoms with Crippen LogP contribution in [0.25, 0.3) is 11.1 Å². The second kappa shape index (κ2) is 6.60. The summed E-state index contributed by atoms with van der Waals surface area (Å²) in [6.45, 7) is 5.95. The molecule has 2 rings (SSSR count). The lowest BCUT2D eigenvalue weighted by atomic mass is 9.99. The molecule has 2 aromatic rings. The van der Waals surface area contributed by atoms with E-state index >= 15 is 0 Å². The summed E-state index contributed by atoms with van der Waals surface area (Å²) in [7, 11) is 1.96. The van der Waals surface area contributed by atoms with Crippen molar-refractivity contribution in [3.8, 4) is 11.1 Å². The monoisotopic (exact) mass is 298 g/mol. The molecule has 1 heterocycles. The van der Waals surface area contributed by atoms with Crippen LogP contribution in [0.4, 0.5) is 0 Å². The zero-order valence-corrected chi connectivity index (χ0v) is 13.6. The number of carbonyl (C=O) groups is 1. The fourth-order valence-electron chi connectivity index (χ4n) is 2.65. The minimum Gasteiger partial charge on any atom is -0.478 e. The van der Waals surface area contributed by atoms with Crippen molar-refractivity contribution in [3.05, 3.63) is 52.9 Å². The molecule has 0 aliphatic carbocycles. The van der Waals surface area contributed by atoms with E-state index in [9.17, 15) is 4.79 Å². The Kier molecular flexibility index (Phi) is 4.81. The Bertz CT molecular complexity index is 709. The minimum absolute atomic E-state index is 0.761. The summed E-state index contributed by atoms with van der Waals surface area (Å²) in [5, 5.41) is 13.2. The molecule has 4 nitrogen and oxygen atoms in total. The van der Waals surface area contributed by atoms with Gasteiger partial charge in [0.1, 0.15) is 0 Å². The highest BCUT2D eigenvalue weighted by atomic mass is 16.4. The molecule has 4 heteroatoms. The minimum atomic E-state index is -0.879. The van der Waals surface area contributed by atoms with Crippen LogP contribution >= 0.6 is 0 Å². The summed E-state index contributed by atoms with van der Waals surface area (Å²) in [5.41, 5.74) is 6.65. The quantitative estimate of drug-likeness (QED) is 0.857. The average Bonchev–Trinajstić information content (AvgIpc) is 2.70. The van der Waals surface area contributed by atoms with E-state index in [1.807, 2.05) is 25.6 Å². The number of aliphatic carboxylic acids is 1. The molecule has 0 spiro atoms. The Morgan fingerprint density at radius 2 is 1.91 bits per heavy atom. The smallest absolute Gasteiger partial charge is 0.328 e. The van der Waals surface area contributed by atoms with Crippen molar-refractivity contribution in [1.82, 2.24) is 9.78 Å². The Labute approximate surface area is 131 Å². The second-order valence-corrected chi connectivity index (χ2v) is 5.70. The molecular weight excluding hydrogens is 276 g/mol. The van der Waals surface area contributed by atoms with Crippen molar-refractivity contribution < 1.29 is 9.90 Å². The molecule has 0 saturated carbocycles. The van der Waals surface area contributed by atoms with Crippen molar-refractivity contribution in [1.29, 1.82) is 0 Å². The molecule has 0 bridgehead atoms. The van der Waals surface area contributed by atoms with Crippen LogP contribution in [0.1, 0.15) is 30.3 Å². The number of aromatic nitrogens is 2. The summed E-state index contributed by atoms with van der Waals surface area (Å²) in [4.78, 5) is 10.6. The topological polar surface area (TPSA) is 55.1 Å². The number of hydrogen-bond donors (Lipinski definition) is 1. The van der Waals surface area contributed by atoms with E-state index in [0.717, 1.165) is 29.8 Å². The van der Waals surface area contributed by atoms with E-state index < -0.39 is 5.97 Å². The number of carboxylic acids is 1. The van der Waals surface area contributed by atoms with E-state index in [1.165, 1.54) is 22.8 Å². The van der Waals surface area contributed by atoms with Gasteiger partial charge in [0, 0.05) is 24.4 Å². The van der Waals surface area contributed by atoms with Crippen molar-refractivity contribution >= 4 is 5.97 Å². The van der Waals surface area contributed by atoms with Crippen LogP contribution in [0.15, 0.2) is 35.9 Å². The maximum Gasteiger partial charge on any atom is 0.328 e. The highest BCUT2D eigenvalue weighted by Gasteiger charge is 2.11. The van der Waals surface area contributed by atoms with Gasteiger partial charge in [-0.1, -0.05) is 29.8 Å². The van der Waals surface area contributed by atoms with Crippen molar-refractivity contribution in [2.24, 2.45) is 7.05 Å². The molecule has 1 N–H and O–H groups in total. The Morgan fingerprint density at radius 3 is 2.41 bits per heavy atom. The third kappa shape index (κ3) is 3.64. The first-order valence-corrected chi connectivity index (χ1v) is 7.38.